The molecule has 106 valence electrons. The van der Waals surface area contributed by atoms with Gasteiger partial charge in [0.15, 0.2) is 0 Å². The first-order valence-electron chi connectivity index (χ1n) is 6.33. The number of nitrogens with one attached hydrogen (secondary N) is 1. The third-order valence-electron chi connectivity index (χ3n) is 2.97. The van der Waals surface area contributed by atoms with Crippen LogP contribution < -0.4 is 5.32 Å². The standard InChI is InChI=1S/C15H16BrNO2S/c1-10(11-3-2-4-12(16)7-11)17-9-14-6-5-13(20-14)8-15(18)19/h2-7,10,17H,8-9H2,1H3,(H,18,19)/t10-/m1/s1. The summed E-state index contributed by atoms with van der Waals surface area (Å²) in [5.74, 6) is -0.783. The van der Waals surface area contributed by atoms with Crippen LogP contribution in [-0.4, -0.2) is 11.1 Å². The zero-order valence-electron chi connectivity index (χ0n) is 11.1. The number of carbonyl (C=O) groups is 1. The van der Waals surface area contributed by atoms with Crippen molar-refractivity contribution in [3.63, 3.8) is 0 Å². The highest BCUT2D eigenvalue weighted by Crippen LogP contribution is 2.20. The molecule has 3 nitrogen and oxygen atoms in total. The van der Waals surface area contributed by atoms with Crippen LogP contribution in [0.4, 0.5) is 0 Å². The van der Waals surface area contributed by atoms with Crippen molar-refractivity contribution in [2.24, 2.45) is 0 Å². The molecule has 0 aliphatic rings. The highest BCUT2D eigenvalue weighted by molar-refractivity contribution is 9.10. The number of rotatable bonds is 6. The van der Waals surface area contributed by atoms with Crippen LogP contribution >= 0.6 is 27.3 Å². The lowest BCUT2D eigenvalue weighted by atomic mass is 10.1. The summed E-state index contributed by atoms with van der Waals surface area (Å²) in [4.78, 5) is 12.7. The van der Waals surface area contributed by atoms with Gasteiger partial charge in [0.2, 0.25) is 0 Å². The van der Waals surface area contributed by atoms with Gasteiger partial charge in [0.05, 0.1) is 6.42 Å². The van der Waals surface area contributed by atoms with Crippen LogP contribution in [0.5, 0.6) is 0 Å². The summed E-state index contributed by atoms with van der Waals surface area (Å²) in [7, 11) is 0. The third-order valence-corrected chi connectivity index (χ3v) is 4.55. The van der Waals surface area contributed by atoms with E-state index in [1.54, 1.807) is 11.3 Å². The quantitative estimate of drug-likeness (QED) is 0.825. The lowest BCUT2D eigenvalue weighted by Gasteiger charge is -2.13. The molecule has 0 amide bonds. The Labute approximate surface area is 130 Å². The molecule has 0 spiro atoms. The normalized spacial score (nSPS) is 12.3. The van der Waals surface area contributed by atoms with E-state index in [0.717, 1.165) is 20.8 Å². The van der Waals surface area contributed by atoms with Gasteiger partial charge in [-0.15, -0.1) is 11.3 Å². The van der Waals surface area contributed by atoms with E-state index in [2.05, 4.69) is 40.3 Å². The van der Waals surface area contributed by atoms with Crippen LogP contribution in [-0.2, 0) is 17.8 Å². The molecule has 1 atom stereocenters. The Morgan fingerprint density at radius 2 is 2.10 bits per heavy atom. The summed E-state index contributed by atoms with van der Waals surface area (Å²) in [6.07, 6.45) is 0.103. The SMILES string of the molecule is C[C@@H](NCc1ccc(CC(=O)O)s1)c1cccc(Br)c1. The van der Waals surface area contributed by atoms with Crippen LogP contribution in [0, 0.1) is 0 Å². The van der Waals surface area contributed by atoms with E-state index in [-0.39, 0.29) is 12.5 Å². The van der Waals surface area contributed by atoms with E-state index >= 15 is 0 Å². The van der Waals surface area contributed by atoms with Gasteiger partial charge in [-0.25, -0.2) is 0 Å². The molecule has 2 aromatic rings. The van der Waals surface area contributed by atoms with Crippen molar-refractivity contribution in [1.29, 1.82) is 0 Å². The minimum absolute atomic E-state index is 0.103. The smallest absolute Gasteiger partial charge is 0.308 e. The number of hydrogen-bond donors (Lipinski definition) is 2. The number of aliphatic carboxylic acids is 1. The lowest BCUT2D eigenvalue weighted by Crippen LogP contribution is -2.17. The van der Waals surface area contributed by atoms with E-state index < -0.39 is 5.97 Å². The predicted molar refractivity (Wildman–Crippen MR) is 85.1 cm³/mol. The monoisotopic (exact) mass is 353 g/mol. The Balaban J connectivity index is 1.91. The van der Waals surface area contributed by atoms with Gasteiger partial charge in [0.1, 0.15) is 0 Å². The van der Waals surface area contributed by atoms with Crippen LogP contribution in [0.3, 0.4) is 0 Å². The number of thiophene rings is 1. The van der Waals surface area contributed by atoms with Crippen molar-refractivity contribution in [3.8, 4) is 0 Å². The predicted octanol–water partition coefficient (Wildman–Crippen LogP) is 3.99. The minimum Gasteiger partial charge on any atom is -0.481 e. The summed E-state index contributed by atoms with van der Waals surface area (Å²) >= 11 is 5.02. The van der Waals surface area contributed by atoms with Crippen LogP contribution in [0.15, 0.2) is 40.9 Å². The maximum Gasteiger partial charge on any atom is 0.308 e. The number of carboxylic acids is 1. The summed E-state index contributed by atoms with van der Waals surface area (Å²) < 4.78 is 1.07. The molecule has 1 heterocycles. The van der Waals surface area contributed by atoms with Gasteiger partial charge in [0, 0.05) is 26.8 Å². The Bertz CT molecular complexity index is 597. The van der Waals surface area contributed by atoms with Gasteiger partial charge in [-0.3, -0.25) is 4.79 Å². The van der Waals surface area contributed by atoms with Crippen molar-refractivity contribution < 1.29 is 9.90 Å². The summed E-state index contributed by atoms with van der Waals surface area (Å²) in [6.45, 7) is 2.87. The molecule has 0 saturated heterocycles. The second kappa shape index (κ2) is 7.02. The average Bonchev–Trinajstić information content (AvgIpc) is 2.82. The van der Waals surface area contributed by atoms with Crippen LogP contribution in [0.1, 0.15) is 28.3 Å². The Morgan fingerprint density at radius 1 is 1.35 bits per heavy atom. The molecule has 0 bridgehead atoms. The molecule has 0 fully saturated rings. The maximum absolute atomic E-state index is 10.6. The summed E-state index contributed by atoms with van der Waals surface area (Å²) in [6, 6.07) is 12.3. The number of hydrogen-bond acceptors (Lipinski definition) is 3. The molecular weight excluding hydrogens is 338 g/mol. The second-order valence-electron chi connectivity index (χ2n) is 4.60. The summed E-state index contributed by atoms with van der Waals surface area (Å²) in [5, 5.41) is 12.2. The fourth-order valence-corrected chi connectivity index (χ4v) is 3.29. The van der Waals surface area contributed by atoms with E-state index in [1.165, 1.54) is 5.56 Å². The Hall–Kier alpha value is -1.17. The molecule has 2 rings (SSSR count). The van der Waals surface area contributed by atoms with Crippen molar-refractivity contribution in [1.82, 2.24) is 5.32 Å². The van der Waals surface area contributed by atoms with E-state index in [1.807, 2.05) is 24.3 Å². The molecule has 5 heteroatoms. The largest absolute Gasteiger partial charge is 0.481 e. The highest BCUT2D eigenvalue weighted by atomic mass is 79.9. The first kappa shape index (κ1) is 15.2. The molecule has 0 aliphatic heterocycles. The fraction of sp³-hybridized carbons (Fsp3) is 0.267. The zero-order chi connectivity index (χ0) is 14.5. The second-order valence-corrected chi connectivity index (χ2v) is 6.76. The Kier molecular flexibility index (Phi) is 5.34. The first-order valence-corrected chi connectivity index (χ1v) is 7.94. The molecular formula is C15H16BrNO2S. The van der Waals surface area contributed by atoms with Crippen molar-refractivity contribution in [3.05, 3.63) is 56.2 Å². The molecule has 0 radical (unpaired) electrons. The van der Waals surface area contributed by atoms with Crippen LogP contribution in [0.25, 0.3) is 0 Å². The highest BCUT2D eigenvalue weighted by Gasteiger charge is 2.08. The molecule has 0 aliphatic carbocycles. The van der Waals surface area contributed by atoms with Gasteiger partial charge in [-0.2, -0.15) is 0 Å². The van der Waals surface area contributed by atoms with Gasteiger partial charge in [0.25, 0.3) is 0 Å². The van der Waals surface area contributed by atoms with Crippen molar-refractivity contribution in [2.75, 3.05) is 0 Å². The average molecular weight is 354 g/mol. The summed E-state index contributed by atoms with van der Waals surface area (Å²) in [5.41, 5.74) is 1.22. The minimum atomic E-state index is -0.783. The topological polar surface area (TPSA) is 49.3 Å². The van der Waals surface area contributed by atoms with E-state index in [4.69, 9.17) is 5.11 Å². The van der Waals surface area contributed by atoms with Gasteiger partial charge in [-0.05, 0) is 36.8 Å². The van der Waals surface area contributed by atoms with Gasteiger partial charge >= 0.3 is 5.97 Å². The number of carboxylic acid groups (broad SMARTS) is 1. The third kappa shape index (κ3) is 4.44. The van der Waals surface area contributed by atoms with Crippen molar-refractivity contribution >= 4 is 33.2 Å². The zero-order valence-corrected chi connectivity index (χ0v) is 13.5. The molecule has 0 saturated carbocycles. The number of halogens is 1. The van der Waals surface area contributed by atoms with Gasteiger partial charge < -0.3 is 10.4 Å². The van der Waals surface area contributed by atoms with Gasteiger partial charge in [-0.1, -0.05) is 28.1 Å². The van der Waals surface area contributed by atoms with Crippen molar-refractivity contribution in [2.45, 2.75) is 25.9 Å². The maximum atomic E-state index is 10.6. The lowest BCUT2D eigenvalue weighted by molar-refractivity contribution is -0.136. The molecule has 0 unspecified atom stereocenters. The van der Waals surface area contributed by atoms with Crippen LogP contribution in [0.2, 0.25) is 0 Å². The van der Waals surface area contributed by atoms with E-state index in [0.29, 0.717) is 0 Å². The first-order chi connectivity index (χ1) is 9.54. The Morgan fingerprint density at radius 3 is 2.80 bits per heavy atom. The number of benzene rings is 1. The fourth-order valence-electron chi connectivity index (χ4n) is 1.91. The molecule has 20 heavy (non-hydrogen) atoms. The molecule has 2 N–H and O–H groups in total. The molecule has 1 aromatic heterocycles. The van der Waals surface area contributed by atoms with E-state index in [9.17, 15) is 4.79 Å². The molecule has 1 aromatic carbocycles.